The summed E-state index contributed by atoms with van der Waals surface area (Å²) >= 11 is 0. The Morgan fingerprint density at radius 3 is 2.81 bits per heavy atom. The number of nitrogens with two attached hydrogens (primary N) is 1. The third-order valence-corrected chi connectivity index (χ3v) is 3.08. The molecule has 0 radical (unpaired) electrons. The molecule has 0 aliphatic heterocycles. The molecule has 16 heavy (non-hydrogen) atoms. The fourth-order valence-electron chi connectivity index (χ4n) is 2.23. The average molecular weight is 224 g/mol. The second-order valence-corrected chi connectivity index (χ2v) is 4.84. The molecule has 1 aromatic rings. The summed E-state index contributed by atoms with van der Waals surface area (Å²) in [6, 6.07) is 0.182. The second kappa shape index (κ2) is 4.93. The van der Waals surface area contributed by atoms with Crippen molar-refractivity contribution in [2.45, 2.75) is 44.2 Å². The predicted octanol–water partition coefficient (Wildman–Crippen LogP) is 1.12. The van der Waals surface area contributed by atoms with Crippen molar-refractivity contribution in [2.75, 3.05) is 14.1 Å². The molecule has 0 spiro atoms. The van der Waals surface area contributed by atoms with Gasteiger partial charge in [-0.15, -0.1) is 0 Å². The lowest BCUT2D eigenvalue weighted by molar-refractivity contribution is 0.287. The van der Waals surface area contributed by atoms with Crippen molar-refractivity contribution in [1.29, 1.82) is 0 Å². The highest BCUT2D eigenvalue weighted by Crippen LogP contribution is 2.30. The summed E-state index contributed by atoms with van der Waals surface area (Å²) in [5.74, 6) is 1.74. The third-order valence-electron chi connectivity index (χ3n) is 3.08. The molecule has 2 atom stereocenters. The van der Waals surface area contributed by atoms with Gasteiger partial charge < -0.3 is 15.2 Å². The minimum absolute atomic E-state index is 0.182. The van der Waals surface area contributed by atoms with Crippen LogP contribution in [0.2, 0.25) is 0 Å². The third kappa shape index (κ3) is 2.59. The maximum Gasteiger partial charge on any atom is 0.231 e. The first-order valence-corrected chi connectivity index (χ1v) is 5.89. The Kier molecular flexibility index (Phi) is 3.56. The van der Waals surface area contributed by atoms with E-state index < -0.39 is 0 Å². The summed E-state index contributed by atoms with van der Waals surface area (Å²) in [6.07, 6.45) is 4.57. The van der Waals surface area contributed by atoms with Gasteiger partial charge in [0.1, 0.15) is 0 Å². The van der Waals surface area contributed by atoms with Crippen LogP contribution in [0.1, 0.15) is 43.3 Å². The quantitative estimate of drug-likeness (QED) is 0.833. The summed E-state index contributed by atoms with van der Waals surface area (Å²) in [5, 5.41) is 3.98. The molecule has 1 aliphatic rings. The van der Waals surface area contributed by atoms with E-state index >= 15 is 0 Å². The van der Waals surface area contributed by atoms with Crippen LogP contribution in [0.5, 0.6) is 0 Å². The van der Waals surface area contributed by atoms with E-state index in [1.165, 1.54) is 12.8 Å². The molecule has 90 valence electrons. The molecule has 1 saturated carbocycles. The van der Waals surface area contributed by atoms with Gasteiger partial charge in [0.25, 0.3) is 0 Å². The standard InChI is InChI=1S/C11H20N4O/c1-15(2)7-10-13-11(16-14-10)8-5-3-4-6-9(8)12/h8-9H,3-7,12H2,1-2H3. The smallest absolute Gasteiger partial charge is 0.231 e. The summed E-state index contributed by atoms with van der Waals surface area (Å²) in [6.45, 7) is 0.714. The molecular weight excluding hydrogens is 204 g/mol. The van der Waals surface area contributed by atoms with Gasteiger partial charge in [-0.2, -0.15) is 4.98 Å². The van der Waals surface area contributed by atoms with E-state index in [1.807, 2.05) is 19.0 Å². The Balaban J connectivity index is 2.05. The Hall–Kier alpha value is -0.940. The van der Waals surface area contributed by atoms with E-state index in [9.17, 15) is 0 Å². The van der Waals surface area contributed by atoms with Crippen molar-refractivity contribution in [2.24, 2.45) is 5.73 Å². The van der Waals surface area contributed by atoms with Crippen LogP contribution in [0.3, 0.4) is 0 Å². The molecule has 0 bridgehead atoms. The van der Waals surface area contributed by atoms with Crippen LogP contribution in [0.15, 0.2) is 4.52 Å². The van der Waals surface area contributed by atoms with Gasteiger partial charge in [-0.25, -0.2) is 0 Å². The van der Waals surface area contributed by atoms with Crippen LogP contribution in [0, 0.1) is 0 Å². The van der Waals surface area contributed by atoms with E-state index in [0.717, 1.165) is 24.6 Å². The Labute approximate surface area is 96.0 Å². The topological polar surface area (TPSA) is 68.2 Å². The number of nitrogens with zero attached hydrogens (tertiary/aromatic N) is 3. The highest BCUT2D eigenvalue weighted by molar-refractivity contribution is 5.00. The lowest BCUT2D eigenvalue weighted by Crippen LogP contribution is -2.31. The highest BCUT2D eigenvalue weighted by atomic mass is 16.5. The van der Waals surface area contributed by atoms with Gasteiger partial charge in [-0.3, -0.25) is 0 Å². The molecule has 5 heteroatoms. The molecule has 1 heterocycles. The lowest BCUT2D eigenvalue weighted by atomic mass is 9.85. The normalized spacial score (nSPS) is 26.2. The first kappa shape index (κ1) is 11.5. The molecule has 1 aliphatic carbocycles. The number of hydrogen-bond donors (Lipinski definition) is 1. The lowest BCUT2D eigenvalue weighted by Gasteiger charge is -2.25. The van der Waals surface area contributed by atoms with Gasteiger partial charge in [0.2, 0.25) is 5.89 Å². The molecule has 0 saturated heterocycles. The Morgan fingerprint density at radius 2 is 2.12 bits per heavy atom. The van der Waals surface area contributed by atoms with Gasteiger partial charge >= 0.3 is 0 Å². The minimum Gasteiger partial charge on any atom is -0.339 e. The summed E-state index contributed by atoms with van der Waals surface area (Å²) in [5.41, 5.74) is 6.08. The van der Waals surface area contributed by atoms with Gasteiger partial charge in [0.15, 0.2) is 5.82 Å². The molecular formula is C11H20N4O. The van der Waals surface area contributed by atoms with Gasteiger partial charge in [0, 0.05) is 6.04 Å². The molecule has 1 aromatic heterocycles. The van der Waals surface area contributed by atoms with Crippen molar-refractivity contribution < 1.29 is 4.52 Å². The van der Waals surface area contributed by atoms with Crippen LogP contribution in [0.25, 0.3) is 0 Å². The maximum atomic E-state index is 6.08. The molecule has 0 aromatic carbocycles. The summed E-state index contributed by atoms with van der Waals surface area (Å²) in [7, 11) is 3.98. The zero-order valence-corrected chi connectivity index (χ0v) is 10.0. The van der Waals surface area contributed by atoms with E-state index in [4.69, 9.17) is 10.3 Å². The van der Waals surface area contributed by atoms with Crippen LogP contribution in [0.4, 0.5) is 0 Å². The fraction of sp³-hybridized carbons (Fsp3) is 0.818. The molecule has 1 fully saturated rings. The molecule has 0 amide bonds. The highest BCUT2D eigenvalue weighted by Gasteiger charge is 2.28. The van der Waals surface area contributed by atoms with Crippen molar-refractivity contribution in [1.82, 2.24) is 15.0 Å². The first-order chi connectivity index (χ1) is 7.66. The minimum atomic E-state index is 0.182. The van der Waals surface area contributed by atoms with Crippen LogP contribution >= 0.6 is 0 Å². The Morgan fingerprint density at radius 1 is 1.38 bits per heavy atom. The number of aromatic nitrogens is 2. The van der Waals surface area contributed by atoms with Crippen LogP contribution < -0.4 is 5.73 Å². The maximum absolute atomic E-state index is 6.08. The summed E-state index contributed by atoms with van der Waals surface area (Å²) in [4.78, 5) is 6.45. The van der Waals surface area contributed by atoms with E-state index in [-0.39, 0.29) is 12.0 Å². The molecule has 5 nitrogen and oxygen atoms in total. The van der Waals surface area contributed by atoms with E-state index in [1.54, 1.807) is 0 Å². The zero-order chi connectivity index (χ0) is 11.5. The Bertz CT molecular complexity index is 336. The van der Waals surface area contributed by atoms with Crippen LogP contribution in [-0.2, 0) is 6.54 Å². The van der Waals surface area contributed by atoms with E-state index in [2.05, 4.69) is 10.1 Å². The number of rotatable bonds is 3. The largest absolute Gasteiger partial charge is 0.339 e. The van der Waals surface area contributed by atoms with Crippen LogP contribution in [-0.4, -0.2) is 35.2 Å². The van der Waals surface area contributed by atoms with Crippen molar-refractivity contribution in [3.63, 3.8) is 0 Å². The number of hydrogen-bond acceptors (Lipinski definition) is 5. The van der Waals surface area contributed by atoms with Crippen molar-refractivity contribution >= 4 is 0 Å². The fourth-order valence-corrected chi connectivity index (χ4v) is 2.23. The van der Waals surface area contributed by atoms with E-state index in [0.29, 0.717) is 6.54 Å². The molecule has 2 N–H and O–H groups in total. The average Bonchev–Trinajstić information content (AvgIpc) is 2.66. The second-order valence-electron chi connectivity index (χ2n) is 4.84. The van der Waals surface area contributed by atoms with Crippen molar-refractivity contribution in [3.05, 3.63) is 11.7 Å². The molecule has 2 unspecified atom stereocenters. The zero-order valence-electron chi connectivity index (χ0n) is 10.0. The van der Waals surface area contributed by atoms with Gasteiger partial charge in [-0.1, -0.05) is 18.0 Å². The molecule has 2 rings (SSSR count). The summed E-state index contributed by atoms with van der Waals surface area (Å²) < 4.78 is 5.31. The monoisotopic (exact) mass is 224 g/mol. The SMILES string of the molecule is CN(C)Cc1noc(C2CCCCC2N)n1. The first-order valence-electron chi connectivity index (χ1n) is 5.89. The predicted molar refractivity (Wildman–Crippen MR) is 60.9 cm³/mol. The van der Waals surface area contributed by atoms with Crippen molar-refractivity contribution in [3.8, 4) is 0 Å². The van der Waals surface area contributed by atoms with Gasteiger partial charge in [-0.05, 0) is 26.9 Å². The van der Waals surface area contributed by atoms with Gasteiger partial charge in [0.05, 0.1) is 12.5 Å².